The lowest BCUT2D eigenvalue weighted by atomic mass is 9.97. The van der Waals surface area contributed by atoms with Crippen LogP contribution < -0.4 is 10.1 Å². The highest BCUT2D eigenvalue weighted by molar-refractivity contribution is 6.30. The first-order chi connectivity index (χ1) is 10.6. The first kappa shape index (κ1) is 16.4. The normalized spacial score (nSPS) is 15.4. The molecule has 22 heavy (non-hydrogen) atoms. The first-order valence-electron chi connectivity index (χ1n) is 7.20. The largest absolute Gasteiger partial charge is 0.492 e. The second-order valence-corrected chi connectivity index (χ2v) is 5.57. The molecule has 1 fully saturated rings. The van der Waals surface area contributed by atoms with Crippen LogP contribution in [0.2, 0.25) is 5.02 Å². The summed E-state index contributed by atoms with van der Waals surface area (Å²) in [5.41, 5.74) is 0. The molecule has 2 amide bonds. The lowest BCUT2D eigenvalue weighted by Crippen LogP contribution is -2.46. The Hall–Kier alpha value is -1.95. The summed E-state index contributed by atoms with van der Waals surface area (Å²) in [6.45, 7) is 1.70. The average Bonchev–Trinajstić information content (AvgIpc) is 2.53. The maximum Gasteiger partial charge on any atom is 0.317 e. The predicted molar refractivity (Wildman–Crippen MR) is 82.3 cm³/mol. The SMILES string of the molecule is O=C(O)C1CCN(C(=O)NCCOc2ccc(Cl)cc2)CC1. The molecule has 6 nitrogen and oxygen atoms in total. The van der Waals surface area contributed by atoms with Gasteiger partial charge in [0.25, 0.3) is 0 Å². The number of nitrogens with one attached hydrogen (secondary N) is 1. The smallest absolute Gasteiger partial charge is 0.317 e. The molecule has 0 radical (unpaired) electrons. The zero-order valence-electron chi connectivity index (χ0n) is 12.1. The summed E-state index contributed by atoms with van der Waals surface area (Å²) in [7, 11) is 0. The number of rotatable bonds is 5. The number of likely N-dealkylation sites (tertiary alicyclic amines) is 1. The van der Waals surface area contributed by atoms with E-state index in [4.69, 9.17) is 21.4 Å². The summed E-state index contributed by atoms with van der Waals surface area (Å²) in [6.07, 6.45) is 1.01. The third-order valence-corrected chi connectivity index (χ3v) is 3.84. The first-order valence-corrected chi connectivity index (χ1v) is 7.58. The van der Waals surface area contributed by atoms with Crippen molar-refractivity contribution in [3.63, 3.8) is 0 Å². The molecule has 1 aliphatic heterocycles. The van der Waals surface area contributed by atoms with Crippen molar-refractivity contribution in [3.05, 3.63) is 29.3 Å². The highest BCUT2D eigenvalue weighted by atomic mass is 35.5. The number of aliphatic carboxylic acids is 1. The summed E-state index contributed by atoms with van der Waals surface area (Å²) < 4.78 is 5.48. The Balaban J connectivity index is 1.64. The molecular weight excluding hydrogens is 308 g/mol. The molecule has 0 bridgehead atoms. The van der Waals surface area contributed by atoms with Gasteiger partial charge in [-0.3, -0.25) is 4.79 Å². The minimum Gasteiger partial charge on any atom is -0.492 e. The maximum atomic E-state index is 11.9. The van der Waals surface area contributed by atoms with Gasteiger partial charge in [0.1, 0.15) is 12.4 Å². The molecule has 1 saturated heterocycles. The van der Waals surface area contributed by atoms with Crippen LogP contribution in [0.5, 0.6) is 5.75 Å². The van der Waals surface area contributed by atoms with E-state index in [0.29, 0.717) is 49.9 Å². The number of amides is 2. The van der Waals surface area contributed by atoms with E-state index in [2.05, 4.69) is 5.32 Å². The van der Waals surface area contributed by atoms with Crippen LogP contribution in [-0.4, -0.2) is 48.2 Å². The minimum absolute atomic E-state index is 0.177. The molecule has 2 rings (SSSR count). The van der Waals surface area contributed by atoms with Crippen LogP contribution in [0.1, 0.15) is 12.8 Å². The Morgan fingerprint density at radius 1 is 1.27 bits per heavy atom. The van der Waals surface area contributed by atoms with Gasteiger partial charge in [-0.2, -0.15) is 0 Å². The summed E-state index contributed by atoms with van der Waals surface area (Å²) in [5, 5.41) is 12.3. The standard InChI is InChI=1S/C15H19ClN2O4/c16-12-1-3-13(4-2-12)22-10-7-17-15(21)18-8-5-11(6-9-18)14(19)20/h1-4,11H,5-10H2,(H,17,21)(H,19,20). The number of ether oxygens (including phenoxy) is 1. The van der Waals surface area contributed by atoms with E-state index in [0.717, 1.165) is 0 Å². The number of piperidine rings is 1. The molecule has 0 aromatic heterocycles. The van der Waals surface area contributed by atoms with E-state index in [9.17, 15) is 9.59 Å². The van der Waals surface area contributed by atoms with Crippen molar-refractivity contribution in [3.8, 4) is 5.75 Å². The summed E-state index contributed by atoms with van der Waals surface area (Å²) in [6, 6.07) is 6.83. The van der Waals surface area contributed by atoms with Crippen molar-refractivity contribution in [2.75, 3.05) is 26.2 Å². The van der Waals surface area contributed by atoms with Gasteiger partial charge in [0.15, 0.2) is 0 Å². The van der Waals surface area contributed by atoms with Crippen molar-refractivity contribution in [2.45, 2.75) is 12.8 Å². The van der Waals surface area contributed by atoms with Gasteiger partial charge in [0, 0.05) is 18.1 Å². The molecule has 2 N–H and O–H groups in total. The number of benzene rings is 1. The van der Waals surface area contributed by atoms with Gasteiger partial charge in [-0.1, -0.05) is 11.6 Å². The van der Waals surface area contributed by atoms with E-state index in [1.54, 1.807) is 29.2 Å². The van der Waals surface area contributed by atoms with E-state index < -0.39 is 5.97 Å². The van der Waals surface area contributed by atoms with E-state index in [1.165, 1.54) is 0 Å². The van der Waals surface area contributed by atoms with Gasteiger partial charge >= 0.3 is 12.0 Å². The van der Waals surface area contributed by atoms with Crippen LogP contribution >= 0.6 is 11.6 Å². The molecule has 1 aromatic carbocycles. The number of carbonyl (C=O) groups is 2. The van der Waals surface area contributed by atoms with Gasteiger partial charge < -0.3 is 20.1 Å². The van der Waals surface area contributed by atoms with Crippen LogP contribution in [-0.2, 0) is 4.79 Å². The number of carbonyl (C=O) groups excluding carboxylic acids is 1. The van der Waals surface area contributed by atoms with E-state index >= 15 is 0 Å². The maximum absolute atomic E-state index is 11.9. The monoisotopic (exact) mass is 326 g/mol. The third kappa shape index (κ3) is 4.80. The fraction of sp³-hybridized carbons (Fsp3) is 0.467. The zero-order valence-corrected chi connectivity index (χ0v) is 12.9. The third-order valence-electron chi connectivity index (χ3n) is 3.59. The van der Waals surface area contributed by atoms with Crippen LogP contribution in [0.15, 0.2) is 24.3 Å². The fourth-order valence-electron chi connectivity index (χ4n) is 2.30. The zero-order chi connectivity index (χ0) is 15.9. The van der Waals surface area contributed by atoms with E-state index in [1.807, 2.05) is 0 Å². The highest BCUT2D eigenvalue weighted by Crippen LogP contribution is 2.17. The number of carboxylic acid groups (broad SMARTS) is 1. The fourth-order valence-corrected chi connectivity index (χ4v) is 2.42. The molecule has 1 heterocycles. The molecule has 1 aromatic rings. The summed E-state index contributed by atoms with van der Waals surface area (Å²) >= 11 is 5.78. The van der Waals surface area contributed by atoms with Crippen molar-refractivity contribution in [1.29, 1.82) is 0 Å². The quantitative estimate of drug-likeness (QED) is 0.813. The van der Waals surface area contributed by atoms with Gasteiger partial charge in [0.2, 0.25) is 0 Å². The van der Waals surface area contributed by atoms with Gasteiger partial charge in [-0.05, 0) is 37.1 Å². The van der Waals surface area contributed by atoms with Gasteiger partial charge in [-0.25, -0.2) is 4.79 Å². The number of carboxylic acids is 1. The number of urea groups is 1. The highest BCUT2D eigenvalue weighted by Gasteiger charge is 2.26. The van der Waals surface area contributed by atoms with Gasteiger partial charge in [-0.15, -0.1) is 0 Å². The van der Waals surface area contributed by atoms with Crippen LogP contribution in [0.4, 0.5) is 4.79 Å². The molecule has 0 aliphatic carbocycles. The van der Waals surface area contributed by atoms with Crippen molar-refractivity contribution >= 4 is 23.6 Å². The Morgan fingerprint density at radius 2 is 1.91 bits per heavy atom. The Labute approximate surface area is 134 Å². The molecule has 1 aliphatic rings. The summed E-state index contributed by atoms with van der Waals surface area (Å²) in [4.78, 5) is 24.4. The number of hydrogen-bond acceptors (Lipinski definition) is 3. The lowest BCUT2D eigenvalue weighted by Gasteiger charge is -2.30. The molecule has 7 heteroatoms. The number of nitrogens with zero attached hydrogens (tertiary/aromatic N) is 1. The average molecular weight is 327 g/mol. The van der Waals surface area contributed by atoms with E-state index in [-0.39, 0.29) is 11.9 Å². The molecule has 0 spiro atoms. The van der Waals surface area contributed by atoms with Crippen molar-refractivity contribution in [2.24, 2.45) is 5.92 Å². The molecule has 0 atom stereocenters. The van der Waals surface area contributed by atoms with Crippen molar-refractivity contribution < 1.29 is 19.4 Å². The summed E-state index contributed by atoms with van der Waals surface area (Å²) in [5.74, 6) is -0.422. The molecular formula is C15H19ClN2O4. The van der Waals surface area contributed by atoms with Crippen LogP contribution in [0, 0.1) is 5.92 Å². The van der Waals surface area contributed by atoms with Crippen LogP contribution in [0.25, 0.3) is 0 Å². The topological polar surface area (TPSA) is 78.9 Å². The second-order valence-electron chi connectivity index (χ2n) is 5.13. The number of hydrogen-bond donors (Lipinski definition) is 2. The van der Waals surface area contributed by atoms with Crippen LogP contribution in [0.3, 0.4) is 0 Å². The lowest BCUT2D eigenvalue weighted by molar-refractivity contribution is -0.143. The Kier molecular flexibility index (Phi) is 5.89. The molecule has 0 saturated carbocycles. The molecule has 120 valence electrons. The second kappa shape index (κ2) is 7.89. The minimum atomic E-state index is -0.781. The predicted octanol–water partition coefficient (Wildman–Crippen LogP) is 2.22. The molecule has 0 unspecified atom stereocenters. The van der Waals surface area contributed by atoms with Crippen molar-refractivity contribution in [1.82, 2.24) is 10.2 Å². The Morgan fingerprint density at radius 3 is 2.50 bits per heavy atom. The van der Waals surface area contributed by atoms with Gasteiger partial charge in [0.05, 0.1) is 12.5 Å². The Bertz CT molecular complexity index is 513. The number of halogens is 1.